The standard InChI is InChI=1S/C22H26BFN4O7.C22H29BFN3O6.C20H25BF2N4O7.C19H24BF3N4O7S/c1-12(2)7-18(23-34-17(9-20(30)31)22(33)35-23)27-19(29)11-26-21(32)16-5-6-28(16)15-4-3-13(10-25)8-14(15)24;1-13(2)10-19(23-32-18(11-14(3)28)22(31)33-23)26-20(29)12-25-21(30)17-8-9-27(17)16-6-4-15(24)5-7-16;1-10(2)5-15(21-33-14(7-17(29)30)20(32)34-21)26-16(28)9-25-19(31)13-3-4-27(13)18-12(23)6-11(22)8-24-18;1-9(2)5-13(20-33-11(6-15(29)30)17(32)34-20)26-14(28)7-24-16(31)10-3-4-27(10)18-25-12(8-35-18)19(21,22)23/h3-4,8,12,16-18H,5-7,9,11H2,1-2H3,(H,26,32)(H,27,29)(H,30,31);4-7,13,17-19H,8-12H2,1-3H3,(H,25,30)(H,26,29);6,8,10,13-15H,3-5,7,9H2,1-2H3,(H,25,31)(H,26,28)(H,29,30);8-11,13H,3-7H2,1-2H3,(H,24,31)(H,26,28)(H,29,30)/t16-,17-,18-;17-,18-,19-;13-,14-,15-;10-,11-,13-/m0000/s1. The first kappa shape index (κ1) is 108. The maximum atomic E-state index is 14.3. The molecule has 42 nitrogen and oxygen atoms in total. The van der Waals surface area contributed by atoms with E-state index >= 15 is 0 Å². The lowest BCUT2D eigenvalue weighted by Crippen LogP contribution is -2.58. The van der Waals surface area contributed by atoms with Gasteiger partial charge < -0.3 is 115 Å². The highest BCUT2D eigenvalue weighted by Crippen LogP contribution is 2.38. The van der Waals surface area contributed by atoms with Crippen LogP contribution in [0.3, 0.4) is 0 Å². The van der Waals surface area contributed by atoms with Gasteiger partial charge >= 0.3 is 76.4 Å². The van der Waals surface area contributed by atoms with E-state index in [1.165, 1.54) is 41.0 Å². The molecule has 0 radical (unpaired) electrons. The predicted molar refractivity (Wildman–Crippen MR) is 468 cm³/mol. The number of nitriles is 1. The molecule has 2 aromatic carbocycles. The van der Waals surface area contributed by atoms with Crippen molar-refractivity contribution in [3.05, 3.63) is 94.6 Å². The molecule has 11 N–H and O–H groups in total. The van der Waals surface area contributed by atoms with Gasteiger partial charge in [0, 0.05) is 49.7 Å². The number of carboxylic acid groups (broad SMARTS) is 3. The van der Waals surface area contributed by atoms with Gasteiger partial charge in [-0.05, 0) is 124 Å². The van der Waals surface area contributed by atoms with E-state index in [2.05, 4.69) is 52.5 Å². The number of rotatable bonds is 40. The van der Waals surface area contributed by atoms with Crippen molar-refractivity contribution in [2.75, 3.05) is 72.0 Å². The van der Waals surface area contributed by atoms with E-state index in [0.29, 0.717) is 83.6 Å². The number of carboxylic acids is 3. The van der Waals surface area contributed by atoms with Crippen LogP contribution in [0.1, 0.15) is 151 Å². The molecule has 2 aromatic heterocycles. The van der Waals surface area contributed by atoms with Crippen LogP contribution in [0, 0.1) is 58.3 Å². The maximum Gasteiger partial charge on any atom is 0.552 e. The van der Waals surface area contributed by atoms with Crippen molar-refractivity contribution >= 4 is 157 Å². The fourth-order valence-corrected chi connectivity index (χ4v) is 16.1. The molecule has 8 aliphatic rings. The first-order chi connectivity index (χ1) is 64.6. The molecule has 54 heteroatoms. The Balaban J connectivity index is 0.000000205. The van der Waals surface area contributed by atoms with E-state index < -0.39 is 246 Å². The number of halogens is 7. The molecule has 8 saturated heterocycles. The van der Waals surface area contributed by atoms with E-state index in [0.717, 1.165) is 34.7 Å². The number of carbonyl (C=O) groups excluding carboxylic acids is 13. The summed E-state index contributed by atoms with van der Waals surface area (Å²) in [6.45, 7) is 16.9. The molecule has 0 unspecified atom stereocenters. The van der Waals surface area contributed by atoms with Crippen LogP contribution in [0.4, 0.5) is 53.1 Å². The first-order valence-electron chi connectivity index (χ1n) is 43.8. The fourth-order valence-electron chi connectivity index (χ4n) is 15.2. The summed E-state index contributed by atoms with van der Waals surface area (Å²) in [5, 5.41) is 57.2. The molecular weight excluding hydrogens is 1850 g/mol. The largest absolute Gasteiger partial charge is 0.552 e. The number of amides is 8. The smallest absolute Gasteiger partial charge is 0.506 e. The number of aromatic nitrogens is 2. The van der Waals surface area contributed by atoms with Gasteiger partial charge in [-0.3, -0.25) is 76.7 Å². The lowest BCUT2D eigenvalue weighted by molar-refractivity contribution is -0.145. The Morgan fingerprint density at radius 3 is 1.12 bits per heavy atom. The van der Waals surface area contributed by atoms with Crippen molar-refractivity contribution in [2.45, 2.75) is 218 Å². The average Bonchev–Trinajstić information content (AvgIpc) is 1.23. The predicted octanol–water partition coefficient (Wildman–Crippen LogP) is 2.23. The van der Waals surface area contributed by atoms with Gasteiger partial charge in [-0.2, -0.15) is 18.4 Å². The number of hydrogen-bond donors (Lipinski definition) is 11. The number of Topliss-reactive ketones (excluding diaryl/α,β-unsaturated/α-hetero) is 1. The van der Waals surface area contributed by atoms with Gasteiger partial charge in [0.15, 0.2) is 40.8 Å². The Labute approximate surface area is 785 Å². The van der Waals surface area contributed by atoms with E-state index in [4.69, 9.17) is 57.8 Å². The van der Waals surface area contributed by atoms with Crippen LogP contribution in [-0.4, -0.2) is 273 Å². The second-order valence-corrected chi connectivity index (χ2v) is 35.6. The minimum absolute atomic E-state index is 0.0548. The molecule has 8 fully saturated rings. The molecule has 4 aromatic rings. The SMILES string of the molecule is CC(=O)C[C@@H]1OB([C@H](CC(C)C)NC(=O)CNC(=O)[C@@H]2CCN2c2ccc(F)cc2)OC1=O.CC(C)C[C@H](NC(=O)CNC(=O)[C@@H]1CCN1c1ccc(C#N)cc1F)B1OC(=O)[C@H](CC(=O)O)O1.CC(C)C[C@H](NC(=O)CNC(=O)[C@@H]1CCN1c1nc(C(F)(F)F)cs1)B1OC(=O)[C@H](CC(=O)O)O1.CC(C)C[C@H](NC(=O)CNC(=O)[C@@H]1CCN1c1ncc(F)cc1F)B1OC(=O)[C@H](CC(=O)O)O1. The number of ketones is 1. The number of nitrogens with one attached hydrogen (secondary N) is 8. The lowest BCUT2D eigenvalue weighted by atomic mass is 9.74. The lowest BCUT2D eigenvalue weighted by Gasteiger charge is -2.41. The van der Waals surface area contributed by atoms with Crippen molar-refractivity contribution in [2.24, 2.45) is 23.7 Å². The summed E-state index contributed by atoms with van der Waals surface area (Å²) in [4.78, 5) is 205. The summed E-state index contributed by atoms with van der Waals surface area (Å²) in [5.74, 6) is -16.4. The summed E-state index contributed by atoms with van der Waals surface area (Å²) in [5.41, 5.74) is 0.0867. The van der Waals surface area contributed by atoms with Crippen LogP contribution < -0.4 is 62.1 Å². The number of hydrogen-bond acceptors (Lipinski definition) is 32. The molecule has 10 heterocycles. The summed E-state index contributed by atoms with van der Waals surface area (Å²) in [7, 11) is -4.47. The Kier molecular flexibility index (Phi) is 38.8. The third-order valence-electron chi connectivity index (χ3n) is 21.9. The topological polar surface area (TPSA) is 566 Å². The van der Waals surface area contributed by atoms with E-state index in [-0.39, 0.29) is 82.9 Å². The molecule has 740 valence electrons. The highest BCUT2D eigenvalue weighted by molar-refractivity contribution is 7.13. The number of aliphatic carboxylic acids is 3. The van der Waals surface area contributed by atoms with E-state index in [9.17, 15) is 107 Å². The highest BCUT2D eigenvalue weighted by atomic mass is 32.1. The van der Waals surface area contributed by atoms with Gasteiger partial charge in [0.25, 0.3) is 0 Å². The third kappa shape index (κ3) is 31.4. The van der Waals surface area contributed by atoms with Crippen molar-refractivity contribution in [1.82, 2.24) is 52.5 Å². The van der Waals surface area contributed by atoms with Crippen LogP contribution in [-0.2, 0) is 120 Å². The van der Waals surface area contributed by atoms with Crippen molar-refractivity contribution < 1.29 is 160 Å². The Morgan fingerprint density at radius 2 is 0.818 bits per heavy atom. The van der Waals surface area contributed by atoms with Crippen molar-refractivity contribution in [3.63, 3.8) is 0 Å². The van der Waals surface area contributed by atoms with Gasteiger partial charge in [-0.1, -0.05) is 55.4 Å². The van der Waals surface area contributed by atoms with Gasteiger partial charge in [0.05, 0.1) is 92.7 Å². The molecular formula is C83H104B4F7N15O27S. The summed E-state index contributed by atoms with van der Waals surface area (Å²) < 4.78 is 135. The molecule has 0 bridgehead atoms. The molecule has 137 heavy (non-hydrogen) atoms. The van der Waals surface area contributed by atoms with Gasteiger partial charge in [-0.15, -0.1) is 11.3 Å². The summed E-state index contributed by atoms with van der Waals surface area (Å²) in [6.07, 6.45) is -6.80. The monoisotopic (exact) mass is 1950 g/mol. The molecule has 8 aliphatic heterocycles. The molecule has 0 aliphatic carbocycles. The maximum absolute atomic E-state index is 14.3. The molecule has 0 spiro atoms. The molecule has 0 saturated carbocycles. The Bertz CT molecular complexity index is 5120. The number of anilines is 4. The number of nitrogens with zero attached hydrogens (tertiary/aromatic N) is 7. The number of carbonyl (C=O) groups is 16. The minimum atomic E-state index is -4.58. The van der Waals surface area contributed by atoms with Crippen LogP contribution in [0.5, 0.6) is 0 Å². The zero-order chi connectivity index (χ0) is 101. The van der Waals surface area contributed by atoms with Crippen LogP contribution >= 0.6 is 11.3 Å². The average molecular weight is 1950 g/mol. The molecule has 12 atom stereocenters. The Morgan fingerprint density at radius 1 is 0.474 bits per heavy atom. The number of alkyl halides is 3. The number of benzene rings is 2. The molecule has 8 amide bonds. The quantitative estimate of drug-likeness (QED) is 0.0225. The normalized spacial score (nSPS) is 20.6. The summed E-state index contributed by atoms with van der Waals surface area (Å²) >= 11 is 0.781. The highest BCUT2D eigenvalue weighted by Gasteiger charge is 2.52. The third-order valence-corrected chi connectivity index (χ3v) is 22.8. The van der Waals surface area contributed by atoms with Crippen molar-refractivity contribution in [1.29, 1.82) is 5.26 Å². The first-order valence-corrected chi connectivity index (χ1v) is 44.7. The van der Waals surface area contributed by atoms with Gasteiger partial charge in [0.1, 0.15) is 53.5 Å². The number of pyridine rings is 1. The minimum Gasteiger partial charge on any atom is -0.506 e. The zero-order valence-corrected chi connectivity index (χ0v) is 76.6. The van der Waals surface area contributed by atoms with Crippen molar-refractivity contribution in [3.8, 4) is 6.07 Å². The number of thiazole rings is 1. The second-order valence-electron chi connectivity index (χ2n) is 34.7. The van der Waals surface area contributed by atoms with E-state index in [1.54, 1.807) is 17.0 Å². The van der Waals surface area contributed by atoms with E-state index in [1.807, 2.05) is 66.4 Å². The van der Waals surface area contributed by atoms with Crippen LogP contribution in [0.15, 0.2) is 60.1 Å². The molecule has 12 rings (SSSR count). The van der Waals surface area contributed by atoms with Gasteiger partial charge in [0.2, 0.25) is 47.3 Å². The zero-order valence-electron chi connectivity index (χ0n) is 75.8. The fraction of sp³-hybridized carbons (Fsp3) is 0.554. The Hall–Kier alpha value is -12.8. The van der Waals surface area contributed by atoms with Crippen LogP contribution in [0.25, 0.3) is 0 Å². The van der Waals surface area contributed by atoms with Crippen LogP contribution in [0.2, 0.25) is 0 Å². The second kappa shape index (κ2) is 49.3. The summed E-state index contributed by atoms with van der Waals surface area (Å²) in [6, 6.07) is 9.83. The van der Waals surface area contributed by atoms with Gasteiger partial charge in [-0.25, -0.2) is 27.5 Å².